The number of nitrogens with zero attached hydrogens (tertiary/aromatic N) is 1. The summed E-state index contributed by atoms with van der Waals surface area (Å²) in [6.07, 6.45) is 3.10. The number of furan rings is 1. The Hall–Kier alpha value is -3.43. The fourth-order valence-corrected chi connectivity index (χ4v) is 5.07. The first-order valence-electron chi connectivity index (χ1n) is 10.2. The summed E-state index contributed by atoms with van der Waals surface area (Å²) in [7, 11) is -3.58. The minimum Gasteiger partial charge on any atom is -0.459 e. The number of hydrogen-bond donors (Lipinski definition) is 2. The number of amides is 2. The Bertz CT molecular complexity index is 1250. The fraction of sp³-hybridized carbons (Fsp3) is 0.217. The highest BCUT2D eigenvalue weighted by molar-refractivity contribution is 7.89. The van der Waals surface area contributed by atoms with Crippen LogP contribution in [0.1, 0.15) is 39.3 Å². The average molecular weight is 454 g/mol. The molecule has 4 rings (SSSR count). The highest BCUT2D eigenvalue weighted by Crippen LogP contribution is 2.24. The minimum atomic E-state index is -3.58. The number of carbonyl (C=O) groups is 2. The molecule has 1 saturated heterocycles. The predicted octanol–water partition coefficient (Wildman–Crippen LogP) is 3.88. The van der Waals surface area contributed by atoms with Gasteiger partial charge in [-0.1, -0.05) is 12.1 Å². The maximum Gasteiger partial charge on any atom is 0.291 e. The maximum atomic E-state index is 12.8. The topological polar surface area (TPSA) is 109 Å². The molecule has 2 aromatic carbocycles. The number of benzene rings is 2. The van der Waals surface area contributed by atoms with E-state index < -0.39 is 21.8 Å². The van der Waals surface area contributed by atoms with Crippen molar-refractivity contribution in [2.75, 3.05) is 23.7 Å². The first-order chi connectivity index (χ1) is 15.3. The summed E-state index contributed by atoms with van der Waals surface area (Å²) < 4.78 is 32.1. The molecule has 0 aliphatic carbocycles. The van der Waals surface area contributed by atoms with E-state index in [4.69, 9.17) is 4.42 Å². The van der Waals surface area contributed by atoms with Gasteiger partial charge in [0, 0.05) is 30.0 Å². The number of hydrogen-bond acceptors (Lipinski definition) is 5. The fourth-order valence-electron chi connectivity index (χ4n) is 3.50. The Morgan fingerprint density at radius 3 is 2.44 bits per heavy atom. The Balaban J connectivity index is 1.51. The molecule has 3 aromatic rings. The number of sulfonamides is 1. The summed E-state index contributed by atoms with van der Waals surface area (Å²) in [5, 5.41) is 5.47. The van der Waals surface area contributed by atoms with Crippen LogP contribution in [0.25, 0.3) is 0 Å². The normalized spacial score (nSPS) is 14.3. The molecule has 2 N–H and O–H groups in total. The van der Waals surface area contributed by atoms with Crippen LogP contribution in [0.3, 0.4) is 0 Å². The van der Waals surface area contributed by atoms with Gasteiger partial charge in [0.15, 0.2) is 5.76 Å². The van der Waals surface area contributed by atoms with Crippen molar-refractivity contribution in [1.82, 2.24) is 4.31 Å². The van der Waals surface area contributed by atoms with Crippen LogP contribution in [0.2, 0.25) is 0 Å². The molecule has 166 valence electrons. The summed E-state index contributed by atoms with van der Waals surface area (Å²) in [5.41, 5.74) is 1.94. The van der Waals surface area contributed by atoms with Gasteiger partial charge in [0.25, 0.3) is 11.8 Å². The Labute approximate surface area is 186 Å². The first kappa shape index (κ1) is 21.8. The molecule has 0 bridgehead atoms. The second kappa shape index (κ2) is 8.97. The lowest BCUT2D eigenvalue weighted by Crippen LogP contribution is -2.27. The SMILES string of the molecule is Cc1ccc(C(=O)Nc2cccc(S(=O)(=O)N3CCCC3)c2)cc1NC(=O)c1ccco1. The van der Waals surface area contributed by atoms with Gasteiger partial charge in [-0.05, 0) is 67.8 Å². The predicted molar refractivity (Wildman–Crippen MR) is 120 cm³/mol. The van der Waals surface area contributed by atoms with Crippen LogP contribution >= 0.6 is 0 Å². The lowest BCUT2D eigenvalue weighted by molar-refractivity contribution is 0.0993. The van der Waals surface area contributed by atoms with Crippen LogP contribution in [0.15, 0.2) is 70.2 Å². The standard InChI is InChI=1S/C23H23N3O5S/c1-16-9-10-17(14-20(16)25-23(28)21-8-5-13-31-21)22(27)24-18-6-4-7-19(15-18)32(29,30)26-11-2-3-12-26/h4-10,13-15H,2-3,11-12H2,1H3,(H,24,27)(H,25,28). The Morgan fingerprint density at radius 2 is 1.72 bits per heavy atom. The van der Waals surface area contributed by atoms with Gasteiger partial charge in [-0.25, -0.2) is 8.42 Å². The van der Waals surface area contributed by atoms with Crippen molar-refractivity contribution in [3.8, 4) is 0 Å². The number of nitrogens with one attached hydrogen (secondary N) is 2. The zero-order valence-electron chi connectivity index (χ0n) is 17.5. The molecule has 8 nitrogen and oxygen atoms in total. The number of rotatable bonds is 6. The van der Waals surface area contributed by atoms with Crippen LogP contribution in [-0.4, -0.2) is 37.6 Å². The third-order valence-electron chi connectivity index (χ3n) is 5.29. The van der Waals surface area contributed by atoms with E-state index in [9.17, 15) is 18.0 Å². The van der Waals surface area contributed by atoms with E-state index in [-0.39, 0.29) is 10.7 Å². The second-order valence-corrected chi connectivity index (χ2v) is 9.49. The average Bonchev–Trinajstić information content (AvgIpc) is 3.50. The Kier molecular flexibility index (Phi) is 6.11. The van der Waals surface area contributed by atoms with Gasteiger partial charge in [0.2, 0.25) is 10.0 Å². The molecule has 0 unspecified atom stereocenters. The molecule has 9 heteroatoms. The van der Waals surface area contributed by atoms with Crippen molar-refractivity contribution in [3.05, 3.63) is 77.7 Å². The third-order valence-corrected chi connectivity index (χ3v) is 7.18. The summed E-state index contributed by atoms with van der Waals surface area (Å²) in [6, 6.07) is 14.3. The third kappa shape index (κ3) is 4.58. The van der Waals surface area contributed by atoms with E-state index in [1.165, 1.54) is 22.7 Å². The Morgan fingerprint density at radius 1 is 0.938 bits per heavy atom. The van der Waals surface area contributed by atoms with E-state index in [2.05, 4.69) is 10.6 Å². The van der Waals surface area contributed by atoms with Crippen molar-refractivity contribution in [3.63, 3.8) is 0 Å². The zero-order chi connectivity index (χ0) is 22.7. The number of anilines is 2. The largest absolute Gasteiger partial charge is 0.459 e. The van der Waals surface area contributed by atoms with E-state index >= 15 is 0 Å². The van der Waals surface area contributed by atoms with Gasteiger partial charge in [-0.3, -0.25) is 9.59 Å². The van der Waals surface area contributed by atoms with Crippen molar-refractivity contribution in [2.24, 2.45) is 0 Å². The van der Waals surface area contributed by atoms with Gasteiger partial charge in [0.1, 0.15) is 0 Å². The van der Waals surface area contributed by atoms with E-state index in [1.807, 2.05) is 6.92 Å². The van der Waals surface area contributed by atoms with E-state index in [0.717, 1.165) is 18.4 Å². The quantitative estimate of drug-likeness (QED) is 0.589. The van der Waals surface area contributed by atoms with Crippen LogP contribution in [0.4, 0.5) is 11.4 Å². The molecule has 0 atom stereocenters. The smallest absolute Gasteiger partial charge is 0.291 e. The van der Waals surface area contributed by atoms with Gasteiger partial charge in [-0.15, -0.1) is 0 Å². The molecule has 0 saturated carbocycles. The molecule has 0 spiro atoms. The van der Waals surface area contributed by atoms with Crippen molar-refractivity contribution in [2.45, 2.75) is 24.7 Å². The first-order valence-corrected chi connectivity index (χ1v) is 11.7. The van der Waals surface area contributed by atoms with Crippen LogP contribution in [-0.2, 0) is 10.0 Å². The van der Waals surface area contributed by atoms with Crippen LogP contribution < -0.4 is 10.6 Å². The zero-order valence-corrected chi connectivity index (χ0v) is 18.3. The van der Waals surface area contributed by atoms with Gasteiger partial charge < -0.3 is 15.1 Å². The molecule has 1 fully saturated rings. The lowest BCUT2D eigenvalue weighted by Gasteiger charge is -2.16. The van der Waals surface area contributed by atoms with E-state index in [1.54, 1.807) is 42.5 Å². The number of carbonyl (C=O) groups excluding carboxylic acids is 2. The molecule has 1 aromatic heterocycles. The maximum absolute atomic E-state index is 12.8. The summed E-state index contributed by atoms with van der Waals surface area (Å²) in [6.45, 7) is 2.83. The molecule has 1 aliphatic rings. The molecular formula is C23H23N3O5S. The highest BCUT2D eigenvalue weighted by Gasteiger charge is 2.27. The van der Waals surface area contributed by atoms with Gasteiger partial charge >= 0.3 is 0 Å². The lowest BCUT2D eigenvalue weighted by atomic mass is 10.1. The summed E-state index contributed by atoms with van der Waals surface area (Å²) >= 11 is 0. The second-order valence-electron chi connectivity index (χ2n) is 7.55. The van der Waals surface area contributed by atoms with Gasteiger partial charge in [-0.2, -0.15) is 4.31 Å². The minimum absolute atomic E-state index is 0.146. The van der Waals surface area contributed by atoms with Crippen molar-refractivity contribution >= 4 is 33.2 Å². The monoisotopic (exact) mass is 453 g/mol. The summed E-state index contributed by atoms with van der Waals surface area (Å²) in [4.78, 5) is 25.2. The number of aryl methyl sites for hydroxylation is 1. The van der Waals surface area contributed by atoms with E-state index in [0.29, 0.717) is 30.0 Å². The summed E-state index contributed by atoms with van der Waals surface area (Å²) in [5.74, 6) is -0.681. The molecule has 0 radical (unpaired) electrons. The van der Waals surface area contributed by atoms with Crippen LogP contribution in [0.5, 0.6) is 0 Å². The molecule has 1 aliphatic heterocycles. The molecule has 32 heavy (non-hydrogen) atoms. The van der Waals surface area contributed by atoms with Crippen molar-refractivity contribution < 1.29 is 22.4 Å². The van der Waals surface area contributed by atoms with Gasteiger partial charge in [0.05, 0.1) is 11.2 Å². The molecule has 2 amide bonds. The molecular weight excluding hydrogens is 430 g/mol. The van der Waals surface area contributed by atoms with Crippen LogP contribution in [0, 0.1) is 6.92 Å². The highest BCUT2D eigenvalue weighted by atomic mass is 32.2. The van der Waals surface area contributed by atoms with Crippen molar-refractivity contribution in [1.29, 1.82) is 0 Å². The molecule has 2 heterocycles.